The summed E-state index contributed by atoms with van der Waals surface area (Å²) in [6.07, 6.45) is 1.37. The minimum Gasteiger partial charge on any atom is -0.478 e. The van der Waals surface area contributed by atoms with Crippen LogP contribution in [-0.4, -0.2) is 25.8 Å². The largest absolute Gasteiger partial charge is 0.478 e. The molecular formula is C14H13N3O2. The van der Waals surface area contributed by atoms with Gasteiger partial charge in [-0.2, -0.15) is 5.10 Å². The number of aromatic amines is 1. The van der Waals surface area contributed by atoms with Crippen LogP contribution in [0.1, 0.15) is 15.9 Å². The van der Waals surface area contributed by atoms with Crippen LogP contribution in [0.3, 0.4) is 0 Å². The van der Waals surface area contributed by atoms with Gasteiger partial charge in [-0.05, 0) is 18.6 Å². The molecule has 96 valence electrons. The average molecular weight is 255 g/mol. The van der Waals surface area contributed by atoms with Gasteiger partial charge in [0.1, 0.15) is 5.56 Å². The van der Waals surface area contributed by atoms with Crippen LogP contribution in [0.25, 0.3) is 22.3 Å². The summed E-state index contributed by atoms with van der Waals surface area (Å²) in [5.74, 6) is -0.974. The number of carboxylic acid groups (broad SMARTS) is 1. The Morgan fingerprint density at radius 1 is 1.42 bits per heavy atom. The lowest BCUT2D eigenvalue weighted by Gasteiger charge is -2.00. The van der Waals surface area contributed by atoms with E-state index in [-0.39, 0.29) is 5.56 Å². The molecule has 0 radical (unpaired) electrons. The molecule has 5 heteroatoms. The van der Waals surface area contributed by atoms with Gasteiger partial charge in [0.15, 0.2) is 0 Å². The van der Waals surface area contributed by atoms with Crippen molar-refractivity contribution in [2.75, 3.05) is 0 Å². The fourth-order valence-corrected chi connectivity index (χ4v) is 2.35. The summed E-state index contributed by atoms with van der Waals surface area (Å²) in [5, 5.41) is 14.3. The van der Waals surface area contributed by atoms with E-state index in [0.29, 0.717) is 5.69 Å². The van der Waals surface area contributed by atoms with Crippen LogP contribution in [-0.2, 0) is 7.05 Å². The quantitative estimate of drug-likeness (QED) is 0.739. The molecular weight excluding hydrogens is 242 g/mol. The van der Waals surface area contributed by atoms with Crippen LogP contribution in [0.5, 0.6) is 0 Å². The van der Waals surface area contributed by atoms with Gasteiger partial charge in [0.2, 0.25) is 0 Å². The number of aromatic nitrogens is 3. The molecule has 0 saturated heterocycles. The van der Waals surface area contributed by atoms with E-state index in [1.165, 1.54) is 6.20 Å². The van der Waals surface area contributed by atoms with E-state index in [2.05, 4.69) is 10.1 Å². The van der Waals surface area contributed by atoms with Crippen LogP contribution in [0.2, 0.25) is 0 Å². The number of benzene rings is 1. The first-order valence-corrected chi connectivity index (χ1v) is 5.92. The number of carbonyl (C=O) groups is 1. The lowest BCUT2D eigenvalue weighted by atomic mass is 10.1. The van der Waals surface area contributed by atoms with Gasteiger partial charge in [0.05, 0.1) is 17.6 Å². The molecule has 1 aromatic carbocycles. The van der Waals surface area contributed by atoms with Gasteiger partial charge < -0.3 is 10.1 Å². The second-order valence-corrected chi connectivity index (χ2v) is 4.56. The Bertz CT molecular complexity index is 783. The third-order valence-electron chi connectivity index (χ3n) is 3.29. The van der Waals surface area contributed by atoms with Crippen LogP contribution < -0.4 is 0 Å². The normalized spacial score (nSPS) is 11.1. The predicted octanol–water partition coefficient (Wildman–Crippen LogP) is 2.58. The number of hydrogen-bond acceptors (Lipinski definition) is 2. The van der Waals surface area contributed by atoms with E-state index < -0.39 is 5.97 Å². The zero-order valence-electron chi connectivity index (χ0n) is 10.6. The first-order valence-electron chi connectivity index (χ1n) is 5.92. The van der Waals surface area contributed by atoms with Gasteiger partial charge in [-0.15, -0.1) is 0 Å². The Balaban J connectivity index is 2.28. The first kappa shape index (κ1) is 11.5. The Morgan fingerprint density at radius 3 is 2.89 bits per heavy atom. The average Bonchev–Trinajstić information content (AvgIpc) is 2.92. The Morgan fingerprint density at radius 2 is 2.21 bits per heavy atom. The number of aromatic carboxylic acids is 1. The van der Waals surface area contributed by atoms with E-state index in [0.717, 1.165) is 22.2 Å². The van der Waals surface area contributed by atoms with Crippen molar-refractivity contribution in [2.45, 2.75) is 6.92 Å². The first-order chi connectivity index (χ1) is 9.08. The topological polar surface area (TPSA) is 70.9 Å². The molecule has 0 unspecified atom stereocenters. The van der Waals surface area contributed by atoms with Gasteiger partial charge in [0, 0.05) is 18.0 Å². The summed E-state index contributed by atoms with van der Waals surface area (Å²) < 4.78 is 1.57. The minimum absolute atomic E-state index is 0.201. The number of carboxylic acids is 1. The summed E-state index contributed by atoms with van der Waals surface area (Å²) in [7, 11) is 1.74. The number of rotatable bonds is 2. The molecule has 19 heavy (non-hydrogen) atoms. The molecule has 0 spiro atoms. The van der Waals surface area contributed by atoms with Crippen molar-refractivity contribution in [1.29, 1.82) is 0 Å². The number of aryl methyl sites for hydroxylation is 2. The van der Waals surface area contributed by atoms with E-state index in [1.54, 1.807) is 11.7 Å². The van der Waals surface area contributed by atoms with Crippen molar-refractivity contribution in [2.24, 2.45) is 7.05 Å². The highest BCUT2D eigenvalue weighted by Gasteiger charge is 2.18. The minimum atomic E-state index is -0.974. The van der Waals surface area contributed by atoms with Crippen molar-refractivity contribution < 1.29 is 9.90 Å². The van der Waals surface area contributed by atoms with Crippen molar-refractivity contribution in [1.82, 2.24) is 14.8 Å². The molecule has 5 nitrogen and oxygen atoms in total. The maximum absolute atomic E-state index is 11.2. The maximum Gasteiger partial charge on any atom is 0.339 e. The van der Waals surface area contributed by atoms with E-state index in [9.17, 15) is 9.90 Å². The molecule has 0 fully saturated rings. The number of H-pyrrole nitrogens is 1. The SMILES string of the molecule is Cc1cccc2cc(-c3c(C(=O)O)cnn3C)[nH]c12. The van der Waals surface area contributed by atoms with Crippen molar-refractivity contribution >= 4 is 16.9 Å². The molecule has 2 N–H and O–H groups in total. The summed E-state index contributed by atoms with van der Waals surface area (Å²) >= 11 is 0. The highest BCUT2D eigenvalue weighted by molar-refractivity contribution is 5.96. The number of nitrogens with zero attached hydrogens (tertiary/aromatic N) is 2. The van der Waals surface area contributed by atoms with Gasteiger partial charge >= 0.3 is 5.97 Å². The van der Waals surface area contributed by atoms with Crippen LogP contribution in [0.4, 0.5) is 0 Å². The third kappa shape index (κ3) is 1.71. The molecule has 2 aromatic heterocycles. The number of para-hydroxylation sites is 1. The second kappa shape index (κ2) is 3.98. The standard InChI is InChI=1S/C14H13N3O2/c1-8-4-3-5-9-6-11(16-12(8)9)13-10(14(18)19)7-15-17(13)2/h3-7,16H,1-2H3,(H,18,19). The predicted molar refractivity (Wildman–Crippen MR) is 72.2 cm³/mol. The second-order valence-electron chi connectivity index (χ2n) is 4.56. The Labute approximate surface area is 109 Å². The van der Waals surface area contributed by atoms with Crippen LogP contribution >= 0.6 is 0 Å². The number of fused-ring (bicyclic) bond motifs is 1. The van der Waals surface area contributed by atoms with Gasteiger partial charge in [-0.25, -0.2) is 4.79 Å². The zero-order chi connectivity index (χ0) is 13.6. The Kier molecular flexibility index (Phi) is 2.41. The molecule has 0 amide bonds. The summed E-state index contributed by atoms with van der Waals surface area (Å²) in [5.41, 5.74) is 3.70. The van der Waals surface area contributed by atoms with Gasteiger partial charge in [0.25, 0.3) is 0 Å². The lowest BCUT2D eigenvalue weighted by Crippen LogP contribution is -2.00. The molecule has 3 rings (SSSR count). The van der Waals surface area contributed by atoms with E-state index in [1.807, 2.05) is 31.2 Å². The van der Waals surface area contributed by atoms with Crippen molar-refractivity contribution in [3.63, 3.8) is 0 Å². The number of hydrogen-bond donors (Lipinski definition) is 2. The van der Waals surface area contributed by atoms with Gasteiger partial charge in [-0.3, -0.25) is 4.68 Å². The smallest absolute Gasteiger partial charge is 0.339 e. The van der Waals surface area contributed by atoms with E-state index >= 15 is 0 Å². The summed E-state index contributed by atoms with van der Waals surface area (Å²) in [6, 6.07) is 7.95. The fraction of sp³-hybridized carbons (Fsp3) is 0.143. The molecule has 2 heterocycles. The summed E-state index contributed by atoms with van der Waals surface area (Å²) in [4.78, 5) is 14.5. The Hall–Kier alpha value is -2.56. The summed E-state index contributed by atoms with van der Waals surface area (Å²) in [6.45, 7) is 2.02. The molecule has 3 aromatic rings. The molecule has 0 saturated carbocycles. The van der Waals surface area contributed by atoms with Crippen molar-refractivity contribution in [3.8, 4) is 11.4 Å². The monoisotopic (exact) mass is 255 g/mol. The van der Waals surface area contributed by atoms with Crippen molar-refractivity contribution in [3.05, 3.63) is 41.6 Å². The third-order valence-corrected chi connectivity index (χ3v) is 3.29. The fourth-order valence-electron chi connectivity index (χ4n) is 2.35. The number of nitrogens with one attached hydrogen (secondary N) is 1. The zero-order valence-corrected chi connectivity index (χ0v) is 10.6. The van der Waals surface area contributed by atoms with Crippen LogP contribution in [0.15, 0.2) is 30.5 Å². The molecule has 0 atom stereocenters. The maximum atomic E-state index is 11.2. The molecule has 0 bridgehead atoms. The van der Waals surface area contributed by atoms with Crippen LogP contribution in [0, 0.1) is 6.92 Å². The molecule has 0 aliphatic rings. The highest BCUT2D eigenvalue weighted by Crippen LogP contribution is 2.27. The molecule has 0 aliphatic heterocycles. The molecule has 0 aliphatic carbocycles. The lowest BCUT2D eigenvalue weighted by molar-refractivity contribution is 0.0697. The highest BCUT2D eigenvalue weighted by atomic mass is 16.4. The van der Waals surface area contributed by atoms with Gasteiger partial charge in [-0.1, -0.05) is 18.2 Å². The van der Waals surface area contributed by atoms with E-state index in [4.69, 9.17) is 0 Å².